The van der Waals surface area contributed by atoms with Crippen molar-refractivity contribution < 1.29 is 18.7 Å². The van der Waals surface area contributed by atoms with Crippen LogP contribution in [0.3, 0.4) is 0 Å². The molecule has 2 aromatic rings. The van der Waals surface area contributed by atoms with Gasteiger partial charge in [0.15, 0.2) is 0 Å². The molecule has 4 nitrogen and oxygen atoms in total. The smallest absolute Gasteiger partial charge is 0.336 e. The summed E-state index contributed by atoms with van der Waals surface area (Å²) in [6, 6.07) is 13.7. The Hall–Kier alpha value is -2.47. The van der Waals surface area contributed by atoms with Gasteiger partial charge in [-0.25, -0.2) is 9.18 Å². The SMILES string of the molecule is CCOC(=O)C1=C(C)N(Cc2ccc(Br)cc2)C(=O)CC1c1cccc(F)c1. The van der Waals surface area contributed by atoms with E-state index < -0.39 is 17.7 Å². The minimum absolute atomic E-state index is 0.0888. The van der Waals surface area contributed by atoms with Gasteiger partial charge in [0, 0.05) is 22.5 Å². The summed E-state index contributed by atoms with van der Waals surface area (Å²) < 4.78 is 20.0. The number of benzene rings is 2. The monoisotopic (exact) mass is 445 g/mol. The number of allylic oxidation sites excluding steroid dienone is 1. The van der Waals surface area contributed by atoms with Crippen LogP contribution in [0.15, 0.2) is 64.3 Å². The van der Waals surface area contributed by atoms with Gasteiger partial charge in [-0.15, -0.1) is 0 Å². The summed E-state index contributed by atoms with van der Waals surface area (Å²) in [6.45, 7) is 4.07. The average Bonchev–Trinajstić information content (AvgIpc) is 2.66. The summed E-state index contributed by atoms with van der Waals surface area (Å²) in [5.41, 5.74) is 2.50. The van der Waals surface area contributed by atoms with Crippen LogP contribution in [0, 0.1) is 5.82 Å². The number of ether oxygens (including phenoxy) is 1. The molecule has 3 rings (SSSR count). The van der Waals surface area contributed by atoms with E-state index in [0.717, 1.165) is 10.0 Å². The first-order chi connectivity index (χ1) is 13.4. The van der Waals surface area contributed by atoms with Crippen molar-refractivity contribution in [2.24, 2.45) is 0 Å². The number of hydrogen-bond donors (Lipinski definition) is 0. The molecule has 0 aliphatic carbocycles. The first-order valence-corrected chi connectivity index (χ1v) is 9.88. The molecule has 2 aromatic carbocycles. The number of carbonyl (C=O) groups is 2. The van der Waals surface area contributed by atoms with Gasteiger partial charge in [0.2, 0.25) is 5.91 Å². The van der Waals surface area contributed by atoms with Gasteiger partial charge in [0.05, 0.1) is 18.7 Å². The van der Waals surface area contributed by atoms with Gasteiger partial charge in [-0.1, -0.05) is 40.2 Å². The Bertz CT molecular complexity index is 924. The fraction of sp³-hybridized carbons (Fsp3) is 0.273. The van der Waals surface area contributed by atoms with Crippen molar-refractivity contribution in [3.63, 3.8) is 0 Å². The minimum atomic E-state index is -0.525. The second-order valence-electron chi connectivity index (χ2n) is 6.64. The molecule has 0 radical (unpaired) electrons. The lowest BCUT2D eigenvalue weighted by Crippen LogP contribution is -2.38. The summed E-state index contributed by atoms with van der Waals surface area (Å²) in [5, 5.41) is 0. The molecule has 1 aliphatic heterocycles. The summed E-state index contributed by atoms with van der Waals surface area (Å²) in [4.78, 5) is 27.2. The standard InChI is InChI=1S/C22H21BrFNO3/c1-3-28-22(27)21-14(2)25(13-15-7-9-17(23)10-8-15)20(26)12-19(21)16-5-4-6-18(24)11-16/h4-11,19H,3,12-13H2,1-2H3. The normalized spacial score (nSPS) is 17.1. The van der Waals surface area contributed by atoms with E-state index in [-0.39, 0.29) is 18.9 Å². The topological polar surface area (TPSA) is 46.6 Å². The van der Waals surface area contributed by atoms with Crippen LogP contribution in [0.4, 0.5) is 4.39 Å². The zero-order valence-electron chi connectivity index (χ0n) is 15.7. The van der Waals surface area contributed by atoms with Crippen LogP contribution in [0.1, 0.15) is 37.3 Å². The maximum Gasteiger partial charge on any atom is 0.336 e. The number of carbonyl (C=O) groups excluding carboxylic acids is 2. The Balaban J connectivity index is 2.02. The van der Waals surface area contributed by atoms with Crippen LogP contribution in [-0.4, -0.2) is 23.4 Å². The van der Waals surface area contributed by atoms with E-state index in [9.17, 15) is 14.0 Å². The fourth-order valence-electron chi connectivity index (χ4n) is 3.46. The lowest BCUT2D eigenvalue weighted by molar-refractivity contribution is -0.140. The molecule has 146 valence electrons. The van der Waals surface area contributed by atoms with E-state index in [2.05, 4.69) is 15.9 Å². The third-order valence-corrected chi connectivity index (χ3v) is 5.35. The highest BCUT2D eigenvalue weighted by Gasteiger charge is 2.37. The zero-order valence-corrected chi connectivity index (χ0v) is 17.3. The summed E-state index contributed by atoms with van der Waals surface area (Å²) in [7, 11) is 0. The van der Waals surface area contributed by atoms with E-state index in [0.29, 0.717) is 23.4 Å². The van der Waals surface area contributed by atoms with Crippen LogP contribution in [0.2, 0.25) is 0 Å². The van der Waals surface area contributed by atoms with Crippen LogP contribution < -0.4 is 0 Å². The summed E-state index contributed by atoms with van der Waals surface area (Å²) in [5.74, 6) is -1.50. The first-order valence-electron chi connectivity index (χ1n) is 9.08. The van der Waals surface area contributed by atoms with E-state index in [1.807, 2.05) is 24.3 Å². The predicted octanol–water partition coefficient (Wildman–Crippen LogP) is 4.94. The van der Waals surface area contributed by atoms with Crippen LogP contribution in [-0.2, 0) is 20.9 Å². The van der Waals surface area contributed by atoms with E-state index in [1.54, 1.807) is 30.9 Å². The molecule has 0 fully saturated rings. The maximum atomic E-state index is 13.8. The minimum Gasteiger partial charge on any atom is -0.463 e. The quantitative estimate of drug-likeness (QED) is 0.612. The van der Waals surface area contributed by atoms with Gasteiger partial charge in [0.1, 0.15) is 5.82 Å². The third kappa shape index (κ3) is 4.33. The number of nitrogens with zero attached hydrogens (tertiary/aromatic N) is 1. The van der Waals surface area contributed by atoms with Crippen molar-refractivity contribution in [2.75, 3.05) is 6.61 Å². The zero-order chi connectivity index (χ0) is 20.3. The first kappa shape index (κ1) is 20.3. The highest BCUT2D eigenvalue weighted by molar-refractivity contribution is 9.10. The number of rotatable bonds is 5. The molecule has 0 N–H and O–H groups in total. The third-order valence-electron chi connectivity index (χ3n) is 4.82. The molecule has 1 amide bonds. The molecule has 1 aliphatic rings. The van der Waals surface area contributed by atoms with E-state index >= 15 is 0 Å². The molecule has 1 atom stereocenters. The van der Waals surface area contributed by atoms with Crippen molar-refractivity contribution in [1.29, 1.82) is 0 Å². The van der Waals surface area contributed by atoms with Crippen LogP contribution in [0.25, 0.3) is 0 Å². The Morgan fingerprint density at radius 1 is 1.25 bits per heavy atom. The lowest BCUT2D eigenvalue weighted by atomic mass is 9.83. The van der Waals surface area contributed by atoms with Crippen molar-refractivity contribution in [3.05, 3.63) is 81.2 Å². The number of hydrogen-bond acceptors (Lipinski definition) is 3. The van der Waals surface area contributed by atoms with Gasteiger partial charge in [-0.05, 0) is 49.2 Å². The molecule has 1 heterocycles. The molecular weight excluding hydrogens is 425 g/mol. The lowest BCUT2D eigenvalue weighted by Gasteiger charge is -2.34. The largest absolute Gasteiger partial charge is 0.463 e. The number of halogens is 2. The molecule has 0 saturated carbocycles. The Morgan fingerprint density at radius 3 is 2.61 bits per heavy atom. The Labute approximate surface area is 172 Å². The molecular formula is C22H21BrFNO3. The van der Waals surface area contributed by atoms with Gasteiger partial charge in [0.25, 0.3) is 0 Å². The average molecular weight is 446 g/mol. The highest BCUT2D eigenvalue weighted by atomic mass is 79.9. The van der Waals surface area contributed by atoms with Crippen molar-refractivity contribution >= 4 is 27.8 Å². The molecule has 0 spiro atoms. The Kier molecular flexibility index (Phi) is 6.29. The van der Waals surface area contributed by atoms with Crippen LogP contribution in [0.5, 0.6) is 0 Å². The van der Waals surface area contributed by atoms with E-state index in [4.69, 9.17) is 4.74 Å². The number of esters is 1. The molecule has 28 heavy (non-hydrogen) atoms. The molecule has 6 heteroatoms. The van der Waals surface area contributed by atoms with Crippen molar-refractivity contribution in [3.8, 4) is 0 Å². The molecule has 0 bridgehead atoms. The summed E-state index contributed by atoms with van der Waals surface area (Å²) in [6.07, 6.45) is 0.0888. The Morgan fingerprint density at radius 2 is 1.96 bits per heavy atom. The van der Waals surface area contributed by atoms with Gasteiger partial charge in [-0.2, -0.15) is 0 Å². The highest BCUT2D eigenvalue weighted by Crippen LogP contribution is 2.38. The number of amides is 1. The molecule has 1 unspecified atom stereocenters. The molecule has 0 saturated heterocycles. The van der Waals surface area contributed by atoms with Crippen LogP contribution >= 0.6 is 15.9 Å². The van der Waals surface area contributed by atoms with Gasteiger partial charge in [-0.3, -0.25) is 4.79 Å². The maximum absolute atomic E-state index is 13.8. The molecule has 0 aromatic heterocycles. The second-order valence-corrected chi connectivity index (χ2v) is 7.55. The van der Waals surface area contributed by atoms with Crippen molar-refractivity contribution in [1.82, 2.24) is 4.90 Å². The fourth-order valence-corrected chi connectivity index (χ4v) is 3.72. The van der Waals surface area contributed by atoms with Gasteiger partial charge < -0.3 is 9.64 Å². The van der Waals surface area contributed by atoms with E-state index in [1.165, 1.54) is 12.1 Å². The second kappa shape index (κ2) is 8.69. The van der Waals surface area contributed by atoms with Gasteiger partial charge >= 0.3 is 5.97 Å². The predicted molar refractivity (Wildman–Crippen MR) is 108 cm³/mol. The summed E-state index contributed by atoms with van der Waals surface area (Å²) >= 11 is 3.40. The van der Waals surface area contributed by atoms with Crippen molar-refractivity contribution in [2.45, 2.75) is 32.7 Å².